The number of rotatable bonds is 11. The molecule has 0 bridgehead atoms. The highest BCUT2D eigenvalue weighted by Crippen LogP contribution is 2.20. The van der Waals surface area contributed by atoms with Crippen LogP contribution in [0.4, 0.5) is 0 Å². The first-order valence-corrected chi connectivity index (χ1v) is 12.2. The molecule has 1 N–H and O–H groups in total. The Kier molecular flexibility index (Phi) is 8.21. The molecule has 1 heterocycles. The minimum absolute atomic E-state index is 0.0852. The standard InChI is InChI=1S/C28H30ClN3O2/c1-21-10-4-7-15-26(21)34-19-18-32-25-14-6-5-13-24(25)31-27(32)16-3-2-8-17-30-28(33)22-11-9-12-23(29)20-22/h4-7,9-15,20H,2-3,8,16-19H2,1H3,(H,30,33). The maximum Gasteiger partial charge on any atom is 0.251 e. The van der Waals surface area contributed by atoms with Gasteiger partial charge in [0.15, 0.2) is 0 Å². The SMILES string of the molecule is Cc1ccccc1OCCn1c(CCCCCNC(=O)c2cccc(Cl)c2)nc2ccccc21. The molecule has 0 unspecified atom stereocenters. The van der Waals surface area contributed by atoms with Gasteiger partial charge in [-0.25, -0.2) is 4.98 Å². The predicted molar refractivity (Wildman–Crippen MR) is 138 cm³/mol. The fraction of sp³-hybridized carbons (Fsp3) is 0.286. The molecule has 0 aliphatic heterocycles. The van der Waals surface area contributed by atoms with E-state index in [0.717, 1.165) is 60.4 Å². The highest BCUT2D eigenvalue weighted by Gasteiger charge is 2.11. The molecule has 0 spiro atoms. The van der Waals surface area contributed by atoms with Gasteiger partial charge < -0.3 is 14.6 Å². The summed E-state index contributed by atoms with van der Waals surface area (Å²) in [6, 6.07) is 23.3. The van der Waals surface area contributed by atoms with Gasteiger partial charge in [-0.05, 0) is 61.7 Å². The Balaban J connectivity index is 1.28. The van der Waals surface area contributed by atoms with Crippen LogP contribution in [0.3, 0.4) is 0 Å². The van der Waals surface area contributed by atoms with Crippen molar-refractivity contribution in [2.24, 2.45) is 0 Å². The van der Waals surface area contributed by atoms with E-state index in [0.29, 0.717) is 23.7 Å². The fourth-order valence-corrected chi connectivity index (χ4v) is 4.24. The van der Waals surface area contributed by atoms with Crippen LogP contribution in [-0.4, -0.2) is 28.6 Å². The normalized spacial score (nSPS) is 11.0. The average Bonchev–Trinajstić information content (AvgIpc) is 3.19. The summed E-state index contributed by atoms with van der Waals surface area (Å²) in [5.74, 6) is 1.92. The number of hydrogen-bond donors (Lipinski definition) is 1. The Morgan fingerprint density at radius 2 is 1.82 bits per heavy atom. The van der Waals surface area contributed by atoms with Crippen molar-refractivity contribution < 1.29 is 9.53 Å². The van der Waals surface area contributed by atoms with E-state index in [1.807, 2.05) is 24.3 Å². The summed E-state index contributed by atoms with van der Waals surface area (Å²) in [6.07, 6.45) is 3.83. The van der Waals surface area contributed by atoms with Crippen LogP contribution >= 0.6 is 11.6 Å². The second kappa shape index (κ2) is 11.7. The molecule has 4 aromatic rings. The Morgan fingerprint density at radius 3 is 2.68 bits per heavy atom. The van der Waals surface area contributed by atoms with E-state index in [-0.39, 0.29) is 5.91 Å². The summed E-state index contributed by atoms with van der Waals surface area (Å²) in [6.45, 7) is 4.05. The van der Waals surface area contributed by atoms with Crippen molar-refractivity contribution in [1.82, 2.24) is 14.9 Å². The number of fused-ring (bicyclic) bond motifs is 1. The van der Waals surface area contributed by atoms with Crippen LogP contribution in [0, 0.1) is 6.92 Å². The summed E-state index contributed by atoms with van der Waals surface area (Å²) in [5.41, 5.74) is 3.89. The maximum atomic E-state index is 12.2. The van der Waals surface area contributed by atoms with Crippen molar-refractivity contribution in [3.8, 4) is 5.75 Å². The van der Waals surface area contributed by atoms with Gasteiger partial charge >= 0.3 is 0 Å². The topological polar surface area (TPSA) is 56.1 Å². The number of unbranched alkanes of at least 4 members (excludes halogenated alkanes) is 2. The Hall–Kier alpha value is -3.31. The first kappa shape index (κ1) is 23.8. The van der Waals surface area contributed by atoms with Crippen molar-refractivity contribution >= 4 is 28.5 Å². The first-order chi connectivity index (χ1) is 16.6. The number of para-hydroxylation sites is 3. The molecule has 5 nitrogen and oxygen atoms in total. The smallest absolute Gasteiger partial charge is 0.251 e. The van der Waals surface area contributed by atoms with Crippen LogP contribution in [0.2, 0.25) is 5.02 Å². The van der Waals surface area contributed by atoms with Gasteiger partial charge in [0.25, 0.3) is 5.91 Å². The molecule has 34 heavy (non-hydrogen) atoms. The lowest BCUT2D eigenvalue weighted by Crippen LogP contribution is -2.24. The fourth-order valence-electron chi connectivity index (χ4n) is 4.05. The number of halogens is 1. The van der Waals surface area contributed by atoms with Crippen LogP contribution in [0.15, 0.2) is 72.8 Å². The van der Waals surface area contributed by atoms with E-state index in [1.54, 1.807) is 24.3 Å². The van der Waals surface area contributed by atoms with E-state index >= 15 is 0 Å². The van der Waals surface area contributed by atoms with Gasteiger partial charge in [-0.15, -0.1) is 0 Å². The number of benzene rings is 3. The van der Waals surface area contributed by atoms with Crippen molar-refractivity contribution in [2.75, 3.05) is 13.2 Å². The Labute approximate surface area is 205 Å². The summed E-state index contributed by atoms with van der Waals surface area (Å²) in [4.78, 5) is 17.1. The van der Waals surface area contributed by atoms with Crippen molar-refractivity contribution in [1.29, 1.82) is 0 Å². The van der Waals surface area contributed by atoms with Crippen LogP contribution in [0.25, 0.3) is 11.0 Å². The number of nitrogens with one attached hydrogen (secondary N) is 1. The van der Waals surface area contributed by atoms with Crippen LogP contribution in [0.5, 0.6) is 5.75 Å². The molecule has 1 amide bonds. The number of amides is 1. The predicted octanol–water partition coefficient (Wildman–Crippen LogP) is 6.22. The van der Waals surface area contributed by atoms with E-state index < -0.39 is 0 Å². The third-order valence-corrected chi connectivity index (χ3v) is 6.08. The summed E-state index contributed by atoms with van der Waals surface area (Å²) in [7, 11) is 0. The van der Waals surface area contributed by atoms with Crippen molar-refractivity contribution in [2.45, 2.75) is 39.2 Å². The number of aryl methyl sites for hydroxylation is 2. The highest BCUT2D eigenvalue weighted by molar-refractivity contribution is 6.30. The van der Waals surface area contributed by atoms with Crippen LogP contribution in [-0.2, 0) is 13.0 Å². The number of imidazole rings is 1. The number of hydrogen-bond acceptors (Lipinski definition) is 3. The molecule has 0 radical (unpaired) electrons. The molecule has 0 atom stereocenters. The molecule has 6 heteroatoms. The summed E-state index contributed by atoms with van der Waals surface area (Å²) < 4.78 is 8.31. The molecule has 176 valence electrons. The second-order valence-corrected chi connectivity index (χ2v) is 8.80. The first-order valence-electron chi connectivity index (χ1n) is 11.8. The summed E-state index contributed by atoms with van der Waals surface area (Å²) in [5, 5.41) is 3.54. The quantitative estimate of drug-likeness (QED) is 0.262. The molecule has 1 aromatic heterocycles. The van der Waals surface area contributed by atoms with E-state index in [4.69, 9.17) is 21.3 Å². The number of ether oxygens (including phenoxy) is 1. The van der Waals surface area contributed by atoms with Crippen LogP contribution in [0.1, 0.15) is 41.0 Å². The largest absolute Gasteiger partial charge is 0.491 e. The molecule has 3 aromatic carbocycles. The molecule has 0 aliphatic carbocycles. The Morgan fingerprint density at radius 1 is 1.00 bits per heavy atom. The molecule has 0 fully saturated rings. The lowest BCUT2D eigenvalue weighted by Gasteiger charge is -2.12. The number of aromatic nitrogens is 2. The zero-order chi connectivity index (χ0) is 23.8. The van der Waals surface area contributed by atoms with Gasteiger partial charge in [0, 0.05) is 23.6 Å². The van der Waals surface area contributed by atoms with E-state index in [1.165, 1.54) is 0 Å². The molecule has 0 aliphatic rings. The zero-order valence-electron chi connectivity index (χ0n) is 19.5. The molecule has 0 saturated heterocycles. The van der Waals surface area contributed by atoms with E-state index in [2.05, 4.69) is 41.1 Å². The minimum Gasteiger partial charge on any atom is -0.491 e. The highest BCUT2D eigenvalue weighted by atomic mass is 35.5. The molecule has 4 rings (SSSR count). The number of carbonyl (C=O) groups excluding carboxylic acids is 1. The number of nitrogens with zero attached hydrogens (tertiary/aromatic N) is 2. The van der Waals surface area contributed by atoms with Gasteiger partial charge in [-0.1, -0.05) is 54.4 Å². The van der Waals surface area contributed by atoms with Gasteiger partial charge in [-0.3, -0.25) is 4.79 Å². The molecular formula is C28H30ClN3O2. The monoisotopic (exact) mass is 475 g/mol. The summed E-state index contributed by atoms with van der Waals surface area (Å²) >= 11 is 5.97. The average molecular weight is 476 g/mol. The van der Waals surface area contributed by atoms with Gasteiger partial charge in [0.2, 0.25) is 0 Å². The van der Waals surface area contributed by atoms with Gasteiger partial charge in [0.1, 0.15) is 18.2 Å². The second-order valence-electron chi connectivity index (χ2n) is 8.36. The number of carbonyl (C=O) groups is 1. The lowest BCUT2D eigenvalue weighted by molar-refractivity contribution is 0.0953. The van der Waals surface area contributed by atoms with Gasteiger partial charge in [-0.2, -0.15) is 0 Å². The molecular weight excluding hydrogens is 446 g/mol. The third-order valence-electron chi connectivity index (χ3n) is 5.85. The Bertz CT molecular complexity index is 1250. The maximum absolute atomic E-state index is 12.2. The molecule has 0 saturated carbocycles. The van der Waals surface area contributed by atoms with Gasteiger partial charge in [0.05, 0.1) is 17.6 Å². The van der Waals surface area contributed by atoms with E-state index in [9.17, 15) is 4.79 Å². The third kappa shape index (κ3) is 6.17. The van der Waals surface area contributed by atoms with Crippen molar-refractivity contribution in [3.63, 3.8) is 0 Å². The minimum atomic E-state index is -0.0852. The van der Waals surface area contributed by atoms with Crippen LogP contribution < -0.4 is 10.1 Å². The zero-order valence-corrected chi connectivity index (χ0v) is 20.2. The lowest BCUT2D eigenvalue weighted by atomic mass is 10.1. The van der Waals surface area contributed by atoms with Crippen molar-refractivity contribution in [3.05, 3.63) is 94.8 Å².